The van der Waals surface area contributed by atoms with Gasteiger partial charge in [0.05, 0.1) is 12.6 Å². The highest BCUT2D eigenvalue weighted by Gasteiger charge is 2.27. The van der Waals surface area contributed by atoms with Gasteiger partial charge in [0.15, 0.2) is 0 Å². The standard InChI is InChI=1S/C14H26N2O3/c1-2-11-9-16(6-3-13(11)17)10-14(18)15-12-4-7-19-8-5-12/h11-13,17H,2-10H2,1H3,(H,15,18). The molecule has 2 heterocycles. The van der Waals surface area contributed by atoms with Gasteiger partial charge >= 0.3 is 0 Å². The molecule has 0 bridgehead atoms. The quantitative estimate of drug-likeness (QED) is 0.775. The highest BCUT2D eigenvalue weighted by molar-refractivity contribution is 5.78. The number of hydrogen-bond acceptors (Lipinski definition) is 4. The molecule has 2 atom stereocenters. The first-order valence-electron chi connectivity index (χ1n) is 7.46. The average Bonchev–Trinajstić information content (AvgIpc) is 2.42. The summed E-state index contributed by atoms with van der Waals surface area (Å²) in [5, 5.41) is 12.9. The van der Waals surface area contributed by atoms with E-state index in [0.717, 1.165) is 52.0 Å². The summed E-state index contributed by atoms with van der Waals surface area (Å²) in [5.74, 6) is 0.419. The molecular weight excluding hydrogens is 244 g/mol. The maximum Gasteiger partial charge on any atom is 0.234 e. The summed E-state index contributed by atoms with van der Waals surface area (Å²) in [4.78, 5) is 14.2. The van der Waals surface area contributed by atoms with Crippen LogP contribution >= 0.6 is 0 Å². The monoisotopic (exact) mass is 270 g/mol. The van der Waals surface area contributed by atoms with Crippen LogP contribution in [0.2, 0.25) is 0 Å². The molecule has 2 saturated heterocycles. The van der Waals surface area contributed by atoms with Crippen LogP contribution in [-0.2, 0) is 9.53 Å². The van der Waals surface area contributed by atoms with E-state index in [1.807, 2.05) is 0 Å². The molecular formula is C14H26N2O3. The fourth-order valence-electron chi connectivity index (χ4n) is 2.96. The Morgan fingerprint density at radius 1 is 1.37 bits per heavy atom. The lowest BCUT2D eigenvalue weighted by Crippen LogP contribution is -2.49. The van der Waals surface area contributed by atoms with Gasteiger partial charge in [-0.1, -0.05) is 6.92 Å². The van der Waals surface area contributed by atoms with Crippen LogP contribution in [0.3, 0.4) is 0 Å². The Balaban J connectivity index is 1.72. The first-order valence-corrected chi connectivity index (χ1v) is 7.46. The third-order valence-electron chi connectivity index (χ3n) is 4.26. The van der Waals surface area contributed by atoms with Crippen molar-refractivity contribution in [3.05, 3.63) is 0 Å². The van der Waals surface area contributed by atoms with Gasteiger partial charge in [0.1, 0.15) is 0 Å². The summed E-state index contributed by atoms with van der Waals surface area (Å²) in [6, 6.07) is 0.276. The van der Waals surface area contributed by atoms with Crippen LogP contribution < -0.4 is 5.32 Å². The number of likely N-dealkylation sites (tertiary alicyclic amines) is 1. The highest BCUT2D eigenvalue weighted by Crippen LogP contribution is 2.19. The molecule has 19 heavy (non-hydrogen) atoms. The van der Waals surface area contributed by atoms with E-state index in [1.54, 1.807) is 0 Å². The molecule has 0 spiro atoms. The van der Waals surface area contributed by atoms with Crippen molar-refractivity contribution in [1.29, 1.82) is 0 Å². The van der Waals surface area contributed by atoms with Crippen molar-refractivity contribution >= 4 is 5.91 Å². The molecule has 5 heteroatoms. The van der Waals surface area contributed by atoms with Crippen molar-refractivity contribution in [3.63, 3.8) is 0 Å². The molecule has 2 aliphatic rings. The van der Waals surface area contributed by atoms with Crippen molar-refractivity contribution in [3.8, 4) is 0 Å². The molecule has 110 valence electrons. The Morgan fingerprint density at radius 2 is 2.11 bits per heavy atom. The number of hydrogen-bond donors (Lipinski definition) is 2. The Morgan fingerprint density at radius 3 is 2.79 bits per heavy atom. The van der Waals surface area contributed by atoms with E-state index in [0.29, 0.717) is 12.5 Å². The van der Waals surface area contributed by atoms with Gasteiger partial charge in [-0.05, 0) is 31.6 Å². The zero-order valence-corrected chi connectivity index (χ0v) is 11.8. The third kappa shape index (κ3) is 4.44. The zero-order valence-electron chi connectivity index (χ0n) is 11.8. The fraction of sp³-hybridized carbons (Fsp3) is 0.929. The largest absolute Gasteiger partial charge is 0.393 e. The molecule has 0 saturated carbocycles. The minimum Gasteiger partial charge on any atom is -0.393 e. The fourth-order valence-corrected chi connectivity index (χ4v) is 2.96. The summed E-state index contributed by atoms with van der Waals surface area (Å²) in [5.41, 5.74) is 0. The lowest BCUT2D eigenvalue weighted by atomic mass is 9.92. The molecule has 2 rings (SSSR count). The number of ether oxygens (including phenoxy) is 1. The lowest BCUT2D eigenvalue weighted by molar-refractivity contribution is -0.124. The van der Waals surface area contributed by atoms with Crippen molar-refractivity contribution in [2.24, 2.45) is 5.92 Å². The van der Waals surface area contributed by atoms with Crippen LogP contribution in [0.1, 0.15) is 32.6 Å². The summed E-state index contributed by atoms with van der Waals surface area (Å²) in [6.07, 6.45) is 3.40. The maximum atomic E-state index is 12.0. The Hall–Kier alpha value is -0.650. The minimum absolute atomic E-state index is 0.109. The minimum atomic E-state index is -0.195. The van der Waals surface area contributed by atoms with Crippen molar-refractivity contribution < 1.29 is 14.6 Å². The van der Waals surface area contributed by atoms with Gasteiger partial charge in [0.25, 0.3) is 0 Å². The second kappa shape index (κ2) is 7.22. The molecule has 2 aliphatic heterocycles. The van der Waals surface area contributed by atoms with Crippen LogP contribution in [0.25, 0.3) is 0 Å². The molecule has 0 aromatic heterocycles. The summed E-state index contributed by atoms with van der Waals surface area (Å²) >= 11 is 0. The number of nitrogens with zero attached hydrogens (tertiary/aromatic N) is 1. The molecule has 0 radical (unpaired) electrons. The first-order chi connectivity index (χ1) is 9.19. The van der Waals surface area contributed by atoms with E-state index in [4.69, 9.17) is 4.74 Å². The van der Waals surface area contributed by atoms with Gasteiger partial charge in [-0.2, -0.15) is 0 Å². The maximum absolute atomic E-state index is 12.0. The third-order valence-corrected chi connectivity index (χ3v) is 4.26. The number of piperidine rings is 1. The number of carbonyl (C=O) groups excluding carboxylic acids is 1. The van der Waals surface area contributed by atoms with Gasteiger partial charge in [0, 0.05) is 32.3 Å². The number of rotatable bonds is 4. The Bertz CT molecular complexity index is 292. The van der Waals surface area contributed by atoms with E-state index < -0.39 is 0 Å². The molecule has 0 aromatic carbocycles. The van der Waals surface area contributed by atoms with Gasteiger partial charge < -0.3 is 15.2 Å². The van der Waals surface area contributed by atoms with Crippen LogP contribution in [0.5, 0.6) is 0 Å². The molecule has 2 N–H and O–H groups in total. The molecule has 0 aliphatic carbocycles. The first kappa shape index (κ1) is 14.8. The SMILES string of the molecule is CCC1CN(CC(=O)NC2CCOCC2)CCC1O. The van der Waals surface area contributed by atoms with Crippen LogP contribution in [0.15, 0.2) is 0 Å². The average molecular weight is 270 g/mol. The van der Waals surface area contributed by atoms with Crippen molar-refractivity contribution in [2.45, 2.75) is 44.8 Å². The number of amides is 1. The van der Waals surface area contributed by atoms with E-state index in [-0.39, 0.29) is 18.1 Å². The molecule has 2 unspecified atom stereocenters. The van der Waals surface area contributed by atoms with E-state index in [9.17, 15) is 9.90 Å². The van der Waals surface area contributed by atoms with Crippen LogP contribution in [0, 0.1) is 5.92 Å². The zero-order chi connectivity index (χ0) is 13.7. The van der Waals surface area contributed by atoms with Crippen molar-refractivity contribution in [2.75, 3.05) is 32.8 Å². The second-order valence-electron chi connectivity index (χ2n) is 5.71. The summed E-state index contributed by atoms with van der Waals surface area (Å²) in [6.45, 7) is 5.70. The van der Waals surface area contributed by atoms with Crippen LogP contribution in [0.4, 0.5) is 0 Å². The number of carbonyl (C=O) groups is 1. The smallest absolute Gasteiger partial charge is 0.234 e. The van der Waals surface area contributed by atoms with E-state index in [1.165, 1.54) is 0 Å². The van der Waals surface area contributed by atoms with Crippen molar-refractivity contribution in [1.82, 2.24) is 10.2 Å². The van der Waals surface area contributed by atoms with Crippen LogP contribution in [-0.4, -0.2) is 60.9 Å². The lowest BCUT2D eigenvalue weighted by Gasteiger charge is -2.35. The predicted octanol–water partition coefficient (Wildman–Crippen LogP) is 0.374. The number of nitrogens with one attached hydrogen (secondary N) is 1. The second-order valence-corrected chi connectivity index (χ2v) is 5.71. The predicted molar refractivity (Wildman–Crippen MR) is 72.8 cm³/mol. The van der Waals surface area contributed by atoms with E-state index >= 15 is 0 Å². The van der Waals surface area contributed by atoms with Gasteiger partial charge in [-0.15, -0.1) is 0 Å². The molecule has 1 amide bonds. The summed E-state index contributed by atoms with van der Waals surface area (Å²) in [7, 11) is 0. The topological polar surface area (TPSA) is 61.8 Å². The molecule has 2 fully saturated rings. The molecule has 5 nitrogen and oxygen atoms in total. The number of aliphatic hydroxyl groups is 1. The Labute approximate surface area is 115 Å². The van der Waals surface area contributed by atoms with E-state index in [2.05, 4.69) is 17.1 Å². The molecule has 0 aromatic rings. The normalized spacial score (nSPS) is 30.2. The van der Waals surface area contributed by atoms with Gasteiger partial charge in [-0.3, -0.25) is 9.69 Å². The Kier molecular flexibility index (Phi) is 5.60. The summed E-state index contributed by atoms with van der Waals surface area (Å²) < 4.78 is 5.28. The highest BCUT2D eigenvalue weighted by atomic mass is 16.5. The van der Waals surface area contributed by atoms with Gasteiger partial charge in [-0.25, -0.2) is 0 Å². The number of aliphatic hydroxyl groups excluding tert-OH is 1. The van der Waals surface area contributed by atoms with Gasteiger partial charge in [0.2, 0.25) is 5.91 Å².